The van der Waals surface area contributed by atoms with E-state index in [9.17, 15) is 9.90 Å². The summed E-state index contributed by atoms with van der Waals surface area (Å²) in [6, 6.07) is 15.2. The first-order valence-corrected chi connectivity index (χ1v) is 8.87. The van der Waals surface area contributed by atoms with Gasteiger partial charge in [-0.25, -0.2) is 0 Å². The zero-order valence-electron chi connectivity index (χ0n) is 16.3. The molecule has 1 N–H and O–H groups in total. The zero-order valence-corrected chi connectivity index (χ0v) is 16.3. The fourth-order valence-electron chi connectivity index (χ4n) is 3.50. The number of aliphatic hydroxyl groups excluding tert-OH is 1. The minimum Gasteiger partial charge on any atom is -0.508 e. The van der Waals surface area contributed by atoms with E-state index in [1.807, 2.05) is 37.3 Å². The third-order valence-electron chi connectivity index (χ3n) is 4.95. The van der Waals surface area contributed by atoms with Gasteiger partial charge in [0.1, 0.15) is 17.0 Å². The Morgan fingerprint density at radius 1 is 0.963 bits per heavy atom. The van der Waals surface area contributed by atoms with Gasteiger partial charge in [0, 0.05) is 0 Å². The maximum Gasteiger partial charge on any atom is 0.198 e. The van der Waals surface area contributed by atoms with E-state index in [1.54, 1.807) is 39.8 Å². The normalized spacial score (nSPS) is 18.3. The number of Topliss-reactive ketones (excluding diaryl/α,β-unsaturated/α-hetero) is 1. The number of benzene rings is 2. The molecule has 0 saturated heterocycles. The molecule has 2 aromatic carbocycles. The molecule has 1 heterocycles. The predicted molar refractivity (Wildman–Crippen MR) is 105 cm³/mol. The Morgan fingerprint density at radius 2 is 1.56 bits per heavy atom. The first-order valence-electron chi connectivity index (χ1n) is 8.87. The van der Waals surface area contributed by atoms with Gasteiger partial charge in [-0.15, -0.1) is 0 Å². The van der Waals surface area contributed by atoms with E-state index in [4.69, 9.17) is 10.00 Å². The van der Waals surface area contributed by atoms with E-state index in [-0.39, 0.29) is 11.5 Å². The highest BCUT2D eigenvalue weighted by Gasteiger charge is 2.47. The van der Waals surface area contributed by atoms with Gasteiger partial charge < -0.3 is 9.84 Å². The molecule has 0 atom stereocenters. The molecule has 0 radical (unpaired) electrons. The molecule has 0 fully saturated rings. The number of aryl methyl sites for hydroxylation is 1. The van der Waals surface area contributed by atoms with Crippen LogP contribution in [0, 0.1) is 18.3 Å². The number of carbonyl (C=O) groups excluding carboxylic acids is 1. The first kappa shape index (κ1) is 18.9. The standard InChI is InChI=1S/C23H23NO3/c1-14-6-9-17(16-10-7-15(13-24)8-11-16)12-18(14)19-20(25)22(2,3)27-23(4,5)21(19)26/h6-12,25H,1-5H3. The van der Waals surface area contributed by atoms with Gasteiger partial charge in [0.2, 0.25) is 0 Å². The summed E-state index contributed by atoms with van der Waals surface area (Å²) in [6.45, 7) is 8.89. The SMILES string of the molecule is Cc1ccc(-c2ccc(C#N)cc2)cc1C1=C(O)C(C)(C)OC(C)(C)C1=O. The Balaban J connectivity index is 2.19. The first-order chi connectivity index (χ1) is 12.6. The van der Waals surface area contributed by atoms with Crippen molar-refractivity contribution in [3.05, 3.63) is 64.9 Å². The molecule has 1 aliphatic rings. The summed E-state index contributed by atoms with van der Waals surface area (Å²) in [4.78, 5) is 13.1. The van der Waals surface area contributed by atoms with Crippen LogP contribution in [0.4, 0.5) is 0 Å². The van der Waals surface area contributed by atoms with Crippen LogP contribution in [-0.4, -0.2) is 22.1 Å². The highest BCUT2D eigenvalue weighted by atomic mass is 16.5. The largest absolute Gasteiger partial charge is 0.508 e. The number of nitriles is 1. The van der Waals surface area contributed by atoms with E-state index in [0.717, 1.165) is 16.7 Å². The van der Waals surface area contributed by atoms with Crippen LogP contribution < -0.4 is 0 Å². The fourth-order valence-corrected chi connectivity index (χ4v) is 3.50. The van der Waals surface area contributed by atoms with Crippen molar-refractivity contribution >= 4 is 11.4 Å². The number of ether oxygens (including phenoxy) is 1. The summed E-state index contributed by atoms with van der Waals surface area (Å²) < 4.78 is 5.83. The minimum absolute atomic E-state index is 0.0492. The summed E-state index contributed by atoms with van der Waals surface area (Å²) >= 11 is 0. The summed E-state index contributed by atoms with van der Waals surface area (Å²) in [5, 5.41) is 19.8. The molecule has 138 valence electrons. The van der Waals surface area contributed by atoms with Crippen molar-refractivity contribution < 1.29 is 14.6 Å². The van der Waals surface area contributed by atoms with Crippen LogP contribution in [0.5, 0.6) is 0 Å². The van der Waals surface area contributed by atoms with Crippen molar-refractivity contribution in [1.29, 1.82) is 5.26 Å². The Morgan fingerprint density at radius 3 is 2.15 bits per heavy atom. The number of nitrogens with zero attached hydrogens (tertiary/aromatic N) is 1. The average molecular weight is 361 g/mol. The third kappa shape index (κ3) is 3.27. The molecule has 4 nitrogen and oxygen atoms in total. The third-order valence-corrected chi connectivity index (χ3v) is 4.95. The molecule has 0 amide bonds. The second-order valence-corrected chi connectivity index (χ2v) is 7.89. The number of ketones is 1. The molecule has 0 saturated carbocycles. The molecule has 0 unspecified atom stereocenters. The zero-order chi connectivity index (χ0) is 20.0. The number of carbonyl (C=O) groups is 1. The Bertz CT molecular complexity index is 989. The lowest BCUT2D eigenvalue weighted by Crippen LogP contribution is -2.49. The van der Waals surface area contributed by atoms with E-state index in [0.29, 0.717) is 16.7 Å². The molecule has 4 heteroatoms. The lowest BCUT2D eigenvalue weighted by atomic mass is 9.81. The van der Waals surface area contributed by atoms with Gasteiger partial charge in [0.05, 0.1) is 17.2 Å². The van der Waals surface area contributed by atoms with E-state index >= 15 is 0 Å². The summed E-state index contributed by atoms with van der Waals surface area (Å²) in [6.07, 6.45) is 0. The van der Waals surface area contributed by atoms with Crippen LogP contribution in [-0.2, 0) is 9.53 Å². The van der Waals surface area contributed by atoms with Crippen molar-refractivity contribution in [2.45, 2.75) is 45.8 Å². The van der Waals surface area contributed by atoms with Gasteiger partial charge in [0.15, 0.2) is 5.78 Å². The number of hydrogen-bond donors (Lipinski definition) is 1. The summed E-state index contributed by atoms with van der Waals surface area (Å²) in [5.41, 5.74) is 2.37. The number of rotatable bonds is 2. The van der Waals surface area contributed by atoms with Crippen LogP contribution in [0.15, 0.2) is 48.2 Å². The lowest BCUT2D eigenvalue weighted by molar-refractivity contribution is -0.158. The predicted octanol–water partition coefficient (Wildman–Crippen LogP) is 4.96. The second-order valence-electron chi connectivity index (χ2n) is 7.89. The molecule has 1 aliphatic heterocycles. The monoisotopic (exact) mass is 361 g/mol. The van der Waals surface area contributed by atoms with E-state index in [2.05, 4.69) is 6.07 Å². The lowest BCUT2D eigenvalue weighted by Gasteiger charge is -2.40. The molecule has 2 aromatic rings. The van der Waals surface area contributed by atoms with Gasteiger partial charge in [-0.2, -0.15) is 5.26 Å². The molecule has 3 rings (SSSR count). The number of hydrogen-bond acceptors (Lipinski definition) is 4. The molecular weight excluding hydrogens is 338 g/mol. The van der Waals surface area contributed by atoms with Crippen LogP contribution >= 0.6 is 0 Å². The smallest absolute Gasteiger partial charge is 0.198 e. The Labute approximate surface area is 159 Å². The molecule has 27 heavy (non-hydrogen) atoms. The maximum atomic E-state index is 13.1. The molecule has 0 aliphatic carbocycles. The maximum absolute atomic E-state index is 13.1. The molecular formula is C23H23NO3. The van der Waals surface area contributed by atoms with Gasteiger partial charge in [-0.1, -0.05) is 24.3 Å². The van der Waals surface area contributed by atoms with E-state index < -0.39 is 11.2 Å². The molecule has 0 bridgehead atoms. The van der Waals surface area contributed by atoms with Gasteiger partial charge >= 0.3 is 0 Å². The van der Waals surface area contributed by atoms with Crippen molar-refractivity contribution in [1.82, 2.24) is 0 Å². The highest BCUT2D eigenvalue weighted by molar-refractivity contribution is 6.26. The van der Waals surface area contributed by atoms with Crippen molar-refractivity contribution in [2.24, 2.45) is 0 Å². The minimum atomic E-state index is -1.03. The topological polar surface area (TPSA) is 70.3 Å². The Hall–Kier alpha value is -2.90. The summed E-state index contributed by atoms with van der Waals surface area (Å²) in [7, 11) is 0. The molecule has 0 spiro atoms. The van der Waals surface area contributed by atoms with Crippen LogP contribution in [0.25, 0.3) is 16.7 Å². The molecule has 0 aromatic heterocycles. The van der Waals surface area contributed by atoms with Gasteiger partial charge in [-0.05, 0) is 75.1 Å². The summed E-state index contributed by atoms with van der Waals surface area (Å²) in [5.74, 6) is -0.286. The number of aliphatic hydroxyl groups is 1. The van der Waals surface area contributed by atoms with Crippen LogP contribution in [0.1, 0.15) is 44.4 Å². The van der Waals surface area contributed by atoms with Crippen LogP contribution in [0.2, 0.25) is 0 Å². The van der Waals surface area contributed by atoms with Gasteiger partial charge in [-0.3, -0.25) is 4.79 Å². The van der Waals surface area contributed by atoms with E-state index in [1.165, 1.54) is 0 Å². The van der Waals surface area contributed by atoms with Crippen molar-refractivity contribution in [3.63, 3.8) is 0 Å². The quantitative estimate of drug-likeness (QED) is 0.821. The Kier molecular flexibility index (Phi) is 4.45. The van der Waals surface area contributed by atoms with Crippen molar-refractivity contribution in [2.75, 3.05) is 0 Å². The van der Waals surface area contributed by atoms with Crippen LogP contribution in [0.3, 0.4) is 0 Å². The fraction of sp³-hybridized carbons (Fsp3) is 0.304. The average Bonchev–Trinajstić information content (AvgIpc) is 2.61. The second kappa shape index (κ2) is 6.37. The van der Waals surface area contributed by atoms with Crippen molar-refractivity contribution in [3.8, 4) is 17.2 Å². The van der Waals surface area contributed by atoms with Gasteiger partial charge in [0.25, 0.3) is 0 Å². The highest BCUT2D eigenvalue weighted by Crippen LogP contribution is 2.41.